The van der Waals surface area contributed by atoms with Gasteiger partial charge in [-0.15, -0.1) is 0 Å². The minimum atomic E-state index is -0.315. The smallest absolute Gasteiger partial charge is 0.136 e. The molecule has 0 heterocycles. The first-order valence-corrected chi connectivity index (χ1v) is 7.69. The van der Waals surface area contributed by atoms with Crippen LogP contribution in [-0.2, 0) is 9.47 Å². The molecular weight excluding hydrogens is 383 g/mol. The highest BCUT2D eigenvalue weighted by atomic mass is 79.9. The fourth-order valence-corrected chi connectivity index (χ4v) is 3.05. The van der Waals surface area contributed by atoms with Gasteiger partial charge < -0.3 is 14.2 Å². The van der Waals surface area contributed by atoms with E-state index in [1.165, 1.54) is 12.1 Å². The molecule has 3 nitrogen and oxygen atoms in total. The number of hydrogen-bond acceptors (Lipinski definition) is 3. The topological polar surface area (TPSA) is 27.7 Å². The first-order chi connectivity index (χ1) is 9.11. The summed E-state index contributed by atoms with van der Waals surface area (Å²) in [7, 11) is 1.63. The predicted octanol–water partition coefficient (Wildman–Crippen LogP) is 3.53. The van der Waals surface area contributed by atoms with Crippen molar-refractivity contribution in [1.29, 1.82) is 0 Å². The van der Waals surface area contributed by atoms with Gasteiger partial charge in [0.2, 0.25) is 0 Å². The largest absolute Gasteiger partial charge is 0.486 e. The van der Waals surface area contributed by atoms with E-state index >= 15 is 0 Å². The van der Waals surface area contributed by atoms with Gasteiger partial charge in [0.15, 0.2) is 0 Å². The van der Waals surface area contributed by atoms with E-state index in [1.807, 2.05) is 0 Å². The lowest BCUT2D eigenvalue weighted by Gasteiger charge is -2.41. The highest BCUT2D eigenvalue weighted by Crippen LogP contribution is 2.36. The van der Waals surface area contributed by atoms with E-state index in [0.29, 0.717) is 19.0 Å². The van der Waals surface area contributed by atoms with Crippen molar-refractivity contribution < 1.29 is 18.6 Å². The summed E-state index contributed by atoms with van der Waals surface area (Å²) in [5, 5.41) is 0. The van der Waals surface area contributed by atoms with Crippen LogP contribution >= 0.6 is 31.9 Å². The van der Waals surface area contributed by atoms with Crippen molar-refractivity contribution in [2.24, 2.45) is 0 Å². The Labute approximate surface area is 128 Å². The fraction of sp³-hybridized carbons (Fsp3) is 0.538. The standard InChI is InChI=1S/C13H15Br2FO3/c1-17-4-5-18-13-10(15)7-12(13)19-11-6-8(16)2-3-9(11)14/h2-3,6,10,12-13H,4-5,7H2,1H3. The third-order valence-electron chi connectivity index (χ3n) is 2.95. The summed E-state index contributed by atoms with van der Waals surface area (Å²) < 4.78 is 30.3. The van der Waals surface area contributed by atoms with Crippen LogP contribution < -0.4 is 4.74 Å². The summed E-state index contributed by atoms with van der Waals surface area (Å²) >= 11 is 6.88. The zero-order valence-electron chi connectivity index (χ0n) is 10.4. The number of rotatable bonds is 6. The van der Waals surface area contributed by atoms with Crippen LogP contribution in [-0.4, -0.2) is 37.4 Å². The third kappa shape index (κ3) is 3.90. The molecule has 0 aliphatic heterocycles. The average molecular weight is 398 g/mol. The summed E-state index contributed by atoms with van der Waals surface area (Å²) in [6, 6.07) is 4.39. The Balaban J connectivity index is 1.93. The van der Waals surface area contributed by atoms with Crippen molar-refractivity contribution in [2.45, 2.75) is 23.5 Å². The molecule has 3 unspecified atom stereocenters. The van der Waals surface area contributed by atoms with Crippen molar-refractivity contribution >= 4 is 31.9 Å². The minimum absolute atomic E-state index is 0.0367. The van der Waals surface area contributed by atoms with Crippen LogP contribution in [0, 0.1) is 5.82 Å². The zero-order chi connectivity index (χ0) is 13.8. The summed E-state index contributed by atoms with van der Waals surface area (Å²) in [6.45, 7) is 1.07. The van der Waals surface area contributed by atoms with Crippen molar-refractivity contribution in [3.05, 3.63) is 28.5 Å². The van der Waals surface area contributed by atoms with Gasteiger partial charge in [0.1, 0.15) is 23.8 Å². The molecule has 19 heavy (non-hydrogen) atoms. The predicted molar refractivity (Wildman–Crippen MR) is 77.5 cm³/mol. The molecule has 3 atom stereocenters. The van der Waals surface area contributed by atoms with Gasteiger partial charge >= 0.3 is 0 Å². The Kier molecular flexibility index (Phi) is 5.62. The molecule has 1 aromatic rings. The molecule has 0 aromatic heterocycles. The van der Waals surface area contributed by atoms with E-state index in [9.17, 15) is 4.39 Å². The molecule has 2 rings (SSSR count). The van der Waals surface area contributed by atoms with E-state index in [-0.39, 0.29) is 22.9 Å². The molecule has 0 amide bonds. The highest BCUT2D eigenvalue weighted by molar-refractivity contribution is 9.10. The molecule has 1 aliphatic carbocycles. The average Bonchev–Trinajstić information content (AvgIpc) is 2.38. The molecule has 0 spiro atoms. The minimum Gasteiger partial charge on any atom is -0.486 e. The van der Waals surface area contributed by atoms with E-state index in [2.05, 4.69) is 31.9 Å². The lowest BCUT2D eigenvalue weighted by Crippen LogP contribution is -2.52. The second kappa shape index (κ2) is 7.02. The molecule has 1 fully saturated rings. The van der Waals surface area contributed by atoms with Crippen LogP contribution in [0.4, 0.5) is 4.39 Å². The lowest BCUT2D eigenvalue weighted by atomic mass is 9.91. The van der Waals surface area contributed by atoms with E-state index in [0.717, 1.165) is 10.9 Å². The van der Waals surface area contributed by atoms with Crippen LogP contribution in [0.1, 0.15) is 6.42 Å². The van der Waals surface area contributed by atoms with E-state index in [4.69, 9.17) is 14.2 Å². The van der Waals surface area contributed by atoms with Crippen LogP contribution in [0.15, 0.2) is 22.7 Å². The maximum absolute atomic E-state index is 13.2. The molecule has 106 valence electrons. The SMILES string of the molecule is COCCOC1C(Br)CC1Oc1cc(F)ccc1Br. The van der Waals surface area contributed by atoms with Gasteiger partial charge in [0.05, 0.1) is 17.7 Å². The van der Waals surface area contributed by atoms with Crippen LogP contribution in [0.3, 0.4) is 0 Å². The Bertz CT molecular complexity index is 430. The van der Waals surface area contributed by atoms with Gasteiger partial charge in [-0.05, 0) is 28.1 Å². The third-order valence-corrected chi connectivity index (χ3v) is 4.50. The first-order valence-electron chi connectivity index (χ1n) is 5.98. The van der Waals surface area contributed by atoms with Crippen molar-refractivity contribution in [2.75, 3.05) is 20.3 Å². The molecule has 0 N–H and O–H groups in total. The Morgan fingerprint density at radius 1 is 1.37 bits per heavy atom. The quantitative estimate of drug-likeness (QED) is 0.542. The van der Waals surface area contributed by atoms with Gasteiger partial charge in [0, 0.05) is 24.4 Å². The van der Waals surface area contributed by atoms with Crippen LogP contribution in [0.2, 0.25) is 0 Å². The van der Waals surface area contributed by atoms with E-state index < -0.39 is 0 Å². The highest BCUT2D eigenvalue weighted by Gasteiger charge is 2.42. The number of halogens is 3. The normalized spacial score (nSPS) is 26.0. The van der Waals surface area contributed by atoms with Crippen molar-refractivity contribution in [3.63, 3.8) is 0 Å². The second-order valence-corrected chi connectivity index (χ2v) is 6.34. The second-order valence-electron chi connectivity index (χ2n) is 4.31. The van der Waals surface area contributed by atoms with Gasteiger partial charge in [-0.25, -0.2) is 4.39 Å². The molecule has 0 bridgehead atoms. The van der Waals surface area contributed by atoms with Gasteiger partial charge in [-0.1, -0.05) is 15.9 Å². The summed E-state index contributed by atoms with van der Waals surface area (Å²) in [4.78, 5) is 0.265. The number of ether oxygens (including phenoxy) is 3. The molecule has 1 aromatic carbocycles. The molecule has 1 aliphatic rings. The zero-order valence-corrected chi connectivity index (χ0v) is 13.6. The van der Waals surface area contributed by atoms with Crippen molar-refractivity contribution in [3.8, 4) is 5.75 Å². The summed E-state index contributed by atoms with van der Waals surface area (Å²) in [5.74, 6) is 0.189. The molecular formula is C13H15Br2FO3. The van der Waals surface area contributed by atoms with E-state index in [1.54, 1.807) is 13.2 Å². The molecule has 0 radical (unpaired) electrons. The van der Waals surface area contributed by atoms with Crippen LogP contribution in [0.5, 0.6) is 5.75 Å². The molecule has 6 heteroatoms. The lowest BCUT2D eigenvalue weighted by molar-refractivity contribution is -0.0868. The fourth-order valence-electron chi connectivity index (χ4n) is 1.85. The monoisotopic (exact) mass is 396 g/mol. The summed E-state index contributed by atoms with van der Waals surface area (Å²) in [5.41, 5.74) is 0. The molecule has 1 saturated carbocycles. The number of hydrogen-bond donors (Lipinski definition) is 0. The van der Waals surface area contributed by atoms with Gasteiger partial charge in [0.25, 0.3) is 0 Å². The Morgan fingerprint density at radius 2 is 2.16 bits per heavy atom. The number of benzene rings is 1. The number of methoxy groups -OCH3 is 1. The molecule has 0 saturated heterocycles. The van der Waals surface area contributed by atoms with Crippen LogP contribution in [0.25, 0.3) is 0 Å². The first kappa shape index (κ1) is 15.2. The maximum Gasteiger partial charge on any atom is 0.136 e. The Morgan fingerprint density at radius 3 is 2.84 bits per heavy atom. The van der Waals surface area contributed by atoms with Crippen molar-refractivity contribution in [1.82, 2.24) is 0 Å². The summed E-state index contributed by atoms with van der Waals surface area (Å²) in [6.07, 6.45) is 0.727. The van der Waals surface area contributed by atoms with Gasteiger partial charge in [-0.2, -0.15) is 0 Å². The van der Waals surface area contributed by atoms with Gasteiger partial charge in [-0.3, -0.25) is 0 Å². The number of alkyl halides is 1. The maximum atomic E-state index is 13.2. The Hall–Kier alpha value is -0.170.